The second kappa shape index (κ2) is 5.41. The molecule has 2 aromatic carbocycles. The van der Waals surface area contributed by atoms with Gasteiger partial charge in [0.1, 0.15) is 0 Å². The van der Waals surface area contributed by atoms with E-state index >= 15 is 0 Å². The summed E-state index contributed by atoms with van der Waals surface area (Å²) in [6.45, 7) is 6.61. The van der Waals surface area contributed by atoms with E-state index in [9.17, 15) is 0 Å². The van der Waals surface area contributed by atoms with Crippen LogP contribution in [-0.4, -0.2) is 20.2 Å². The molecule has 0 radical (unpaired) electrons. The Morgan fingerprint density at radius 2 is 1.79 bits per heavy atom. The summed E-state index contributed by atoms with van der Waals surface area (Å²) in [5.41, 5.74) is 6.53. The van der Waals surface area contributed by atoms with Crippen LogP contribution in [0, 0.1) is 0 Å². The molecule has 0 amide bonds. The van der Waals surface area contributed by atoms with Gasteiger partial charge in [-0.15, -0.1) is 5.10 Å². The Balaban J connectivity index is 2.06. The van der Waals surface area contributed by atoms with Crippen LogP contribution in [0.4, 0.5) is 0 Å². The molecule has 1 aromatic heterocycles. The highest BCUT2D eigenvalue weighted by atomic mass is 15.5. The maximum Gasteiger partial charge on any atom is 0.182 e. The number of aromatic nitrogens is 4. The van der Waals surface area contributed by atoms with E-state index in [4.69, 9.17) is 0 Å². The van der Waals surface area contributed by atoms with Crippen LogP contribution in [0.15, 0.2) is 59.2 Å². The molecule has 24 heavy (non-hydrogen) atoms. The summed E-state index contributed by atoms with van der Waals surface area (Å²) in [7, 11) is 1.89. The molecule has 0 bridgehead atoms. The number of aryl methyl sites for hydroxylation is 1. The topological polar surface area (TPSA) is 43.6 Å². The van der Waals surface area contributed by atoms with Crippen molar-refractivity contribution >= 4 is 10.8 Å². The van der Waals surface area contributed by atoms with Gasteiger partial charge in [0.2, 0.25) is 0 Å². The van der Waals surface area contributed by atoms with Gasteiger partial charge in [-0.05, 0) is 53.1 Å². The molecule has 4 heteroatoms. The van der Waals surface area contributed by atoms with E-state index in [0.717, 1.165) is 11.4 Å². The Morgan fingerprint density at radius 1 is 1.00 bits per heavy atom. The molecule has 1 aliphatic rings. The third-order valence-electron chi connectivity index (χ3n) is 5.21. The summed E-state index contributed by atoms with van der Waals surface area (Å²) in [6.07, 6.45) is 2.35. The van der Waals surface area contributed by atoms with Gasteiger partial charge >= 0.3 is 0 Å². The Morgan fingerprint density at radius 3 is 2.46 bits per heavy atom. The van der Waals surface area contributed by atoms with E-state index in [1.807, 2.05) is 7.05 Å². The molecule has 0 N–H and O–H groups in total. The number of benzene rings is 2. The highest BCUT2D eigenvalue weighted by molar-refractivity contribution is 5.97. The molecule has 1 heterocycles. The van der Waals surface area contributed by atoms with E-state index in [1.165, 1.54) is 33.1 Å². The summed E-state index contributed by atoms with van der Waals surface area (Å²) in [6, 6.07) is 12.8. The first-order chi connectivity index (χ1) is 11.6. The number of hydrogen-bond donors (Lipinski definition) is 0. The van der Waals surface area contributed by atoms with Crippen LogP contribution in [0.5, 0.6) is 0 Å². The van der Waals surface area contributed by atoms with Crippen molar-refractivity contribution in [3.63, 3.8) is 0 Å². The normalized spacial score (nSPS) is 17.7. The van der Waals surface area contributed by atoms with Crippen LogP contribution in [0.25, 0.3) is 22.2 Å². The average molecular weight is 316 g/mol. The predicted molar refractivity (Wildman–Crippen MR) is 96.6 cm³/mol. The monoisotopic (exact) mass is 316 g/mol. The lowest BCUT2D eigenvalue weighted by atomic mass is 9.87. The lowest BCUT2D eigenvalue weighted by molar-refractivity contribution is 0.714. The standard InChI is InChI=1S/C20H20N4/c1-12-11-18(14(3)13(12)2)17-10-9-15-7-5-6-8-16(15)19(17)20-21-22-23-24(20)4/h5-11,18H,1-4H3. The molecule has 4 nitrogen and oxygen atoms in total. The van der Waals surface area contributed by atoms with Gasteiger partial charge in [-0.2, -0.15) is 0 Å². The first-order valence-electron chi connectivity index (χ1n) is 8.18. The summed E-state index contributed by atoms with van der Waals surface area (Å²) < 4.78 is 1.75. The summed E-state index contributed by atoms with van der Waals surface area (Å²) in [5.74, 6) is 1.09. The van der Waals surface area contributed by atoms with Gasteiger partial charge in [-0.1, -0.05) is 53.6 Å². The fraction of sp³-hybridized carbons (Fsp3) is 0.250. The Labute approximate surface area is 141 Å². The van der Waals surface area contributed by atoms with Crippen molar-refractivity contribution in [1.82, 2.24) is 20.2 Å². The zero-order valence-corrected chi connectivity index (χ0v) is 14.4. The summed E-state index contributed by atoms with van der Waals surface area (Å²) >= 11 is 0. The fourth-order valence-electron chi connectivity index (χ4n) is 3.61. The van der Waals surface area contributed by atoms with Crippen molar-refractivity contribution in [2.75, 3.05) is 0 Å². The largest absolute Gasteiger partial charge is 0.229 e. The van der Waals surface area contributed by atoms with Crippen molar-refractivity contribution in [1.29, 1.82) is 0 Å². The quantitative estimate of drug-likeness (QED) is 0.703. The predicted octanol–water partition coefficient (Wildman–Crippen LogP) is 4.41. The maximum atomic E-state index is 4.30. The number of nitrogens with zero attached hydrogens (tertiary/aromatic N) is 4. The van der Waals surface area contributed by atoms with Crippen LogP contribution >= 0.6 is 0 Å². The van der Waals surface area contributed by atoms with Gasteiger partial charge in [0.25, 0.3) is 0 Å². The molecule has 0 fully saturated rings. The smallest absolute Gasteiger partial charge is 0.182 e. The van der Waals surface area contributed by atoms with Crippen molar-refractivity contribution in [3.05, 3.63) is 64.8 Å². The SMILES string of the molecule is CC1=CC(c2ccc3ccccc3c2-c2nnnn2C)C(C)=C1C. The fourth-order valence-corrected chi connectivity index (χ4v) is 3.61. The summed E-state index contributed by atoms with van der Waals surface area (Å²) in [5, 5.41) is 14.6. The van der Waals surface area contributed by atoms with E-state index in [1.54, 1.807) is 4.68 Å². The van der Waals surface area contributed by atoms with Gasteiger partial charge in [-0.25, -0.2) is 4.68 Å². The second-order valence-corrected chi connectivity index (χ2v) is 6.51. The van der Waals surface area contributed by atoms with Crippen LogP contribution in [0.3, 0.4) is 0 Å². The minimum atomic E-state index is 0.279. The first kappa shape index (κ1) is 14.8. The number of tetrazole rings is 1. The molecule has 0 aliphatic heterocycles. The van der Waals surface area contributed by atoms with Crippen molar-refractivity contribution < 1.29 is 0 Å². The third-order valence-corrected chi connectivity index (χ3v) is 5.21. The zero-order chi connectivity index (χ0) is 16.8. The van der Waals surface area contributed by atoms with Gasteiger partial charge in [0, 0.05) is 18.5 Å². The van der Waals surface area contributed by atoms with Crippen LogP contribution < -0.4 is 0 Å². The highest BCUT2D eigenvalue weighted by Crippen LogP contribution is 2.43. The van der Waals surface area contributed by atoms with Gasteiger partial charge in [0.15, 0.2) is 5.82 Å². The van der Waals surface area contributed by atoms with E-state index < -0.39 is 0 Å². The Bertz CT molecular complexity index is 1010. The first-order valence-corrected chi connectivity index (χ1v) is 8.18. The second-order valence-electron chi connectivity index (χ2n) is 6.51. The molecule has 1 aliphatic carbocycles. The van der Waals surface area contributed by atoms with Gasteiger partial charge < -0.3 is 0 Å². The van der Waals surface area contributed by atoms with Crippen molar-refractivity contribution in [2.45, 2.75) is 26.7 Å². The van der Waals surface area contributed by atoms with Crippen LogP contribution in [0.1, 0.15) is 32.3 Å². The molecule has 120 valence electrons. The molecule has 1 unspecified atom stereocenters. The van der Waals surface area contributed by atoms with E-state index in [2.05, 4.69) is 78.8 Å². The maximum absolute atomic E-state index is 4.30. The Kier molecular flexibility index (Phi) is 3.34. The molecule has 0 spiro atoms. The third kappa shape index (κ3) is 2.10. The minimum Gasteiger partial charge on any atom is -0.229 e. The molecule has 0 saturated carbocycles. The molecular weight excluding hydrogens is 296 g/mol. The highest BCUT2D eigenvalue weighted by Gasteiger charge is 2.25. The molecular formula is C20H20N4. The van der Waals surface area contributed by atoms with Crippen LogP contribution in [0.2, 0.25) is 0 Å². The number of rotatable bonds is 2. The average Bonchev–Trinajstić information content (AvgIpc) is 3.12. The van der Waals surface area contributed by atoms with Gasteiger partial charge in [-0.3, -0.25) is 0 Å². The molecule has 1 atom stereocenters. The number of allylic oxidation sites excluding steroid dienone is 4. The lowest BCUT2D eigenvalue weighted by Crippen LogP contribution is -2.03. The van der Waals surface area contributed by atoms with Crippen molar-refractivity contribution in [2.24, 2.45) is 7.05 Å². The van der Waals surface area contributed by atoms with E-state index in [-0.39, 0.29) is 5.92 Å². The number of fused-ring (bicyclic) bond motifs is 1. The number of hydrogen-bond acceptors (Lipinski definition) is 3. The molecule has 4 rings (SSSR count). The lowest BCUT2D eigenvalue weighted by Gasteiger charge is -2.18. The zero-order valence-electron chi connectivity index (χ0n) is 14.4. The van der Waals surface area contributed by atoms with Crippen molar-refractivity contribution in [3.8, 4) is 11.4 Å². The summed E-state index contributed by atoms with van der Waals surface area (Å²) in [4.78, 5) is 0. The minimum absolute atomic E-state index is 0.279. The molecule has 0 saturated heterocycles. The Hall–Kier alpha value is -2.75. The molecule has 3 aromatic rings. The van der Waals surface area contributed by atoms with Crippen LogP contribution in [-0.2, 0) is 7.05 Å². The van der Waals surface area contributed by atoms with E-state index in [0.29, 0.717) is 0 Å². The van der Waals surface area contributed by atoms with Gasteiger partial charge in [0.05, 0.1) is 0 Å².